The summed E-state index contributed by atoms with van der Waals surface area (Å²) in [4.78, 5) is 14.0. The van der Waals surface area contributed by atoms with Gasteiger partial charge in [-0.2, -0.15) is 5.10 Å². The summed E-state index contributed by atoms with van der Waals surface area (Å²) in [6.45, 7) is 2.05. The summed E-state index contributed by atoms with van der Waals surface area (Å²) >= 11 is 0. The second-order valence-electron chi connectivity index (χ2n) is 8.33. The second-order valence-corrected chi connectivity index (χ2v) is 8.33. The monoisotopic (exact) mass is 460 g/mol. The Bertz CT molecular complexity index is 1270. The number of aromatic nitrogens is 5. The number of hydrogen-bond donors (Lipinski definition) is 2. The van der Waals surface area contributed by atoms with Crippen molar-refractivity contribution >= 4 is 16.7 Å². The van der Waals surface area contributed by atoms with Crippen molar-refractivity contribution in [3.05, 3.63) is 60.4 Å². The minimum Gasteiger partial charge on any atom is -0.496 e. The van der Waals surface area contributed by atoms with Crippen LogP contribution in [0.5, 0.6) is 5.75 Å². The van der Waals surface area contributed by atoms with Gasteiger partial charge in [0.25, 0.3) is 0 Å². The highest BCUT2D eigenvalue weighted by atomic mass is 16.5. The molecule has 1 aromatic carbocycles. The normalized spacial score (nSPS) is 14.4. The average Bonchev–Trinajstić information content (AvgIpc) is 3.34. The molecule has 1 saturated heterocycles. The molecule has 0 amide bonds. The molecule has 3 aromatic heterocycles. The Hall–Kier alpha value is -3.56. The van der Waals surface area contributed by atoms with Crippen molar-refractivity contribution < 1.29 is 14.6 Å². The fourth-order valence-electron chi connectivity index (χ4n) is 4.20. The third-order valence-electron chi connectivity index (χ3n) is 6.04. The number of aliphatic hydroxyl groups is 1. The van der Waals surface area contributed by atoms with Crippen molar-refractivity contribution in [3.63, 3.8) is 0 Å². The quantitative estimate of drug-likeness (QED) is 0.413. The molecule has 0 radical (unpaired) electrons. The molecule has 4 aromatic rings. The average molecular weight is 461 g/mol. The Balaban J connectivity index is 1.40. The van der Waals surface area contributed by atoms with Gasteiger partial charge in [0.1, 0.15) is 17.1 Å². The highest BCUT2D eigenvalue weighted by Gasteiger charge is 2.17. The maximum atomic E-state index is 9.12. The van der Waals surface area contributed by atoms with Crippen LogP contribution in [0.1, 0.15) is 24.2 Å². The first-order valence-electron chi connectivity index (χ1n) is 11.5. The topological polar surface area (TPSA) is 107 Å². The van der Waals surface area contributed by atoms with Crippen molar-refractivity contribution in [2.75, 3.05) is 32.2 Å². The van der Waals surface area contributed by atoms with E-state index in [2.05, 4.69) is 20.4 Å². The largest absolute Gasteiger partial charge is 0.496 e. The minimum absolute atomic E-state index is 0.0525. The Morgan fingerprint density at radius 1 is 1.15 bits per heavy atom. The van der Waals surface area contributed by atoms with Crippen LogP contribution >= 0.6 is 0 Å². The third kappa shape index (κ3) is 4.85. The number of benzene rings is 1. The van der Waals surface area contributed by atoms with Gasteiger partial charge in [0.15, 0.2) is 5.82 Å². The van der Waals surface area contributed by atoms with Crippen LogP contribution in [0.3, 0.4) is 0 Å². The standard InChI is InChI=1S/C25H28N6O3/c1-33-22-12-17(20-15-28-31(16-20)8-9-32)2-3-18(22)13-23-27-14-19-4-7-26-25(24(19)30-23)29-21-5-10-34-11-6-21/h2-4,7,12,14-16,21,32H,5-6,8-11,13H2,1H3,(H,26,29). The lowest BCUT2D eigenvalue weighted by Crippen LogP contribution is -2.28. The van der Waals surface area contributed by atoms with Crippen molar-refractivity contribution in [1.82, 2.24) is 24.7 Å². The number of aliphatic hydroxyl groups excluding tert-OH is 1. The highest BCUT2D eigenvalue weighted by Crippen LogP contribution is 2.29. The van der Waals surface area contributed by atoms with Crippen LogP contribution in [-0.4, -0.2) is 62.8 Å². The SMILES string of the molecule is COc1cc(-c2cnn(CCO)c2)ccc1Cc1ncc2ccnc(NC3CCOCC3)c2n1. The van der Waals surface area contributed by atoms with Gasteiger partial charge in [0.05, 0.1) is 26.5 Å². The predicted octanol–water partition coefficient (Wildman–Crippen LogP) is 3.07. The van der Waals surface area contributed by atoms with E-state index in [9.17, 15) is 0 Å². The van der Waals surface area contributed by atoms with Crippen LogP contribution < -0.4 is 10.1 Å². The molecule has 0 bridgehead atoms. The van der Waals surface area contributed by atoms with E-state index < -0.39 is 0 Å². The molecule has 0 spiro atoms. The van der Waals surface area contributed by atoms with Crippen LogP contribution in [0, 0.1) is 0 Å². The number of nitrogens with zero attached hydrogens (tertiary/aromatic N) is 5. The summed E-state index contributed by atoms with van der Waals surface area (Å²) in [6, 6.07) is 8.34. The minimum atomic E-state index is 0.0525. The Morgan fingerprint density at radius 3 is 2.85 bits per heavy atom. The predicted molar refractivity (Wildman–Crippen MR) is 129 cm³/mol. The molecule has 1 aliphatic heterocycles. The fourth-order valence-corrected chi connectivity index (χ4v) is 4.20. The van der Waals surface area contributed by atoms with E-state index in [0.29, 0.717) is 24.8 Å². The number of ether oxygens (including phenoxy) is 2. The number of nitrogens with one attached hydrogen (secondary N) is 1. The Morgan fingerprint density at radius 2 is 2.03 bits per heavy atom. The molecular formula is C25H28N6O3. The molecule has 0 aliphatic carbocycles. The summed E-state index contributed by atoms with van der Waals surface area (Å²) in [6.07, 6.45) is 9.79. The number of fused-ring (bicyclic) bond motifs is 1. The third-order valence-corrected chi connectivity index (χ3v) is 6.04. The van der Waals surface area contributed by atoms with E-state index in [1.807, 2.05) is 36.7 Å². The number of rotatable bonds is 8. The molecule has 1 aliphatic rings. The molecule has 34 heavy (non-hydrogen) atoms. The summed E-state index contributed by atoms with van der Waals surface area (Å²) < 4.78 is 12.9. The molecule has 0 unspecified atom stereocenters. The zero-order valence-corrected chi connectivity index (χ0v) is 19.1. The Kier molecular flexibility index (Phi) is 6.64. The Labute approximate surface area is 197 Å². The number of methoxy groups -OCH3 is 1. The smallest absolute Gasteiger partial charge is 0.152 e. The van der Waals surface area contributed by atoms with Crippen molar-refractivity contribution in [3.8, 4) is 16.9 Å². The van der Waals surface area contributed by atoms with Crippen LogP contribution in [0.15, 0.2) is 49.1 Å². The lowest BCUT2D eigenvalue weighted by atomic mass is 10.0. The van der Waals surface area contributed by atoms with Gasteiger partial charge in [0, 0.05) is 60.8 Å². The van der Waals surface area contributed by atoms with Gasteiger partial charge in [0.2, 0.25) is 0 Å². The first kappa shape index (κ1) is 22.2. The highest BCUT2D eigenvalue weighted by molar-refractivity contribution is 5.87. The van der Waals surface area contributed by atoms with Crippen LogP contribution in [0.4, 0.5) is 5.82 Å². The molecule has 0 atom stereocenters. The van der Waals surface area contributed by atoms with E-state index in [4.69, 9.17) is 19.6 Å². The fraction of sp³-hybridized carbons (Fsp3) is 0.360. The summed E-state index contributed by atoms with van der Waals surface area (Å²) in [5.41, 5.74) is 3.79. The van der Waals surface area contributed by atoms with Crippen LogP contribution in [0.2, 0.25) is 0 Å². The van der Waals surface area contributed by atoms with Gasteiger partial charge in [-0.05, 0) is 30.5 Å². The molecular weight excluding hydrogens is 432 g/mol. The second kappa shape index (κ2) is 10.1. The van der Waals surface area contributed by atoms with Gasteiger partial charge in [-0.15, -0.1) is 0 Å². The first-order chi connectivity index (χ1) is 16.7. The van der Waals surface area contributed by atoms with Gasteiger partial charge < -0.3 is 19.9 Å². The van der Waals surface area contributed by atoms with Crippen molar-refractivity contribution in [2.45, 2.75) is 31.8 Å². The van der Waals surface area contributed by atoms with Gasteiger partial charge >= 0.3 is 0 Å². The lowest BCUT2D eigenvalue weighted by molar-refractivity contribution is 0.0904. The lowest BCUT2D eigenvalue weighted by Gasteiger charge is -2.24. The molecule has 5 rings (SSSR count). The maximum absolute atomic E-state index is 9.12. The zero-order chi connectivity index (χ0) is 23.3. The molecule has 2 N–H and O–H groups in total. The maximum Gasteiger partial charge on any atom is 0.152 e. The molecule has 176 valence electrons. The molecule has 1 fully saturated rings. The van der Waals surface area contributed by atoms with Gasteiger partial charge in [-0.25, -0.2) is 15.0 Å². The number of hydrogen-bond acceptors (Lipinski definition) is 8. The summed E-state index contributed by atoms with van der Waals surface area (Å²) in [5.74, 6) is 2.26. The number of anilines is 1. The van der Waals surface area contributed by atoms with Gasteiger partial charge in [-0.1, -0.05) is 12.1 Å². The summed E-state index contributed by atoms with van der Waals surface area (Å²) in [7, 11) is 1.67. The van der Waals surface area contributed by atoms with Crippen LogP contribution in [-0.2, 0) is 17.7 Å². The van der Waals surface area contributed by atoms with E-state index in [-0.39, 0.29) is 6.61 Å². The van der Waals surface area contributed by atoms with Gasteiger partial charge in [-0.3, -0.25) is 4.68 Å². The number of pyridine rings is 1. The van der Waals surface area contributed by atoms with E-state index >= 15 is 0 Å². The van der Waals surface area contributed by atoms with E-state index in [1.54, 1.807) is 24.2 Å². The zero-order valence-electron chi connectivity index (χ0n) is 19.1. The van der Waals surface area contributed by atoms with Crippen LogP contribution in [0.25, 0.3) is 22.0 Å². The molecule has 9 nitrogen and oxygen atoms in total. The van der Waals surface area contributed by atoms with E-state index in [0.717, 1.165) is 65.2 Å². The van der Waals surface area contributed by atoms with Crippen molar-refractivity contribution in [2.24, 2.45) is 0 Å². The summed E-state index contributed by atoms with van der Waals surface area (Å²) in [5, 5.41) is 17.9. The van der Waals surface area contributed by atoms with Crippen molar-refractivity contribution in [1.29, 1.82) is 0 Å². The molecule has 4 heterocycles. The first-order valence-corrected chi connectivity index (χ1v) is 11.5. The van der Waals surface area contributed by atoms with E-state index in [1.165, 1.54) is 0 Å². The molecule has 0 saturated carbocycles. The molecule has 9 heteroatoms.